The van der Waals surface area contributed by atoms with Gasteiger partial charge in [-0.3, -0.25) is 9.59 Å². The second kappa shape index (κ2) is 7.92. The van der Waals surface area contributed by atoms with Crippen molar-refractivity contribution in [3.63, 3.8) is 0 Å². The van der Waals surface area contributed by atoms with E-state index in [2.05, 4.69) is 26.1 Å². The normalized spacial score (nSPS) is 12.7. The van der Waals surface area contributed by atoms with Crippen LogP contribution in [0.5, 0.6) is 0 Å². The molecule has 0 bridgehead atoms. The minimum Gasteiger partial charge on any atom is -0.481 e. The zero-order chi connectivity index (χ0) is 16.8. The summed E-state index contributed by atoms with van der Waals surface area (Å²) in [6.07, 6.45) is 1.80. The number of aliphatic carboxylic acids is 1. The number of carbonyl (C=O) groups is 2. The van der Waals surface area contributed by atoms with Crippen LogP contribution in [0.2, 0.25) is 0 Å². The first-order valence-corrected chi connectivity index (χ1v) is 7.44. The van der Waals surface area contributed by atoms with E-state index in [1.807, 2.05) is 0 Å². The molecular formula is C17H24FNO3. The summed E-state index contributed by atoms with van der Waals surface area (Å²) in [5.41, 5.74) is 0.755. The topological polar surface area (TPSA) is 66.4 Å². The highest BCUT2D eigenvalue weighted by Gasteiger charge is 2.18. The number of nitrogens with one attached hydrogen (secondary N) is 1. The number of carboxylic acid groups (broad SMARTS) is 1. The van der Waals surface area contributed by atoms with Gasteiger partial charge in [-0.2, -0.15) is 0 Å². The standard InChI is InChI=1S/C17H24FNO3/c1-17(2,3)10-4-5-15(20)19-14(11-16(21)22)12-6-8-13(18)9-7-12/h6-9,14H,4-5,10-11H2,1-3H3,(H,19,20)(H,21,22). The van der Waals surface area contributed by atoms with Crippen molar-refractivity contribution in [3.8, 4) is 0 Å². The molecule has 0 aromatic heterocycles. The third-order valence-electron chi connectivity index (χ3n) is 3.32. The molecular weight excluding hydrogens is 285 g/mol. The Labute approximate surface area is 130 Å². The average molecular weight is 309 g/mol. The molecule has 0 heterocycles. The summed E-state index contributed by atoms with van der Waals surface area (Å²) in [7, 11) is 0. The molecule has 0 aliphatic rings. The van der Waals surface area contributed by atoms with Crippen LogP contribution >= 0.6 is 0 Å². The zero-order valence-corrected chi connectivity index (χ0v) is 13.4. The van der Waals surface area contributed by atoms with Gasteiger partial charge in [-0.25, -0.2) is 4.39 Å². The number of halogens is 1. The van der Waals surface area contributed by atoms with E-state index in [1.165, 1.54) is 24.3 Å². The highest BCUT2D eigenvalue weighted by atomic mass is 19.1. The minimum absolute atomic E-state index is 0.164. The number of carboxylic acids is 1. The Hall–Kier alpha value is -1.91. The summed E-state index contributed by atoms with van der Waals surface area (Å²) in [6, 6.07) is 4.88. The first-order valence-electron chi connectivity index (χ1n) is 7.44. The van der Waals surface area contributed by atoms with Crippen LogP contribution in [0.15, 0.2) is 24.3 Å². The van der Waals surface area contributed by atoms with Gasteiger partial charge in [0, 0.05) is 6.42 Å². The fraction of sp³-hybridized carbons (Fsp3) is 0.529. The number of hydrogen-bond donors (Lipinski definition) is 2. The van der Waals surface area contributed by atoms with Gasteiger partial charge in [0.15, 0.2) is 0 Å². The van der Waals surface area contributed by atoms with Gasteiger partial charge < -0.3 is 10.4 Å². The summed E-state index contributed by atoms with van der Waals surface area (Å²) >= 11 is 0. The molecule has 4 nitrogen and oxygen atoms in total. The molecule has 0 fully saturated rings. The number of hydrogen-bond acceptors (Lipinski definition) is 2. The van der Waals surface area contributed by atoms with Gasteiger partial charge in [-0.15, -0.1) is 0 Å². The van der Waals surface area contributed by atoms with Crippen LogP contribution in [0.25, 0.3) is 0 Å². The predicted octanol–water partition coefficient (Wildman–Crippen LogP) is 3.67. The molecule has 1 amide bonds. The third-order valence-corrected chi connectivity index (χ3v) is 3.32. The maximum atomic E-state index is 12.9. The zero-order valence-electron chi connectivity index (χ0n) is 13.4. The molecule has 1 atom stereocenters. The lowest BCUT2D eigenvalue weighted by atomic mass is 9.90. The fourth-order valence-corrected chi connectivity index (χ4v) is 2.17. The first-order chi connectivity index (χ1) is 10.2. The Morgan fingerprint density at radius 1 is 1.23 bits per heavy atom. The molecule has 1 rings (SSSR count). The smallest absolute Gasteiger partial charge is 0.305 e. The largest absolute Gasteiger partial charge is 0.481 e. The molecule has 1 unspecified atom stereocenters. The summed E-state index contributed by atoms with van der Waals surface area (Å²) in [6.45, 7) is 6.32. The van der Waals surface area contributed by atoms with E-state index < -0.39 is 17.8 Å². The van der Waals surface area contributed by atoms with Crippen LogP contribution in [0.1, 0.15) is 58.1 Å². The fourth-order valence-electron chi connectivity index (χ4n) is 2.17. The Morgan fingerprint density at radius 3 is 2.32 bits per heavy atom. The highest BCUT2D eigenvalue weighted by Crippen LogP contribution is 2.22. The summed E-state index contributed by atoms with van der Waals surface area (Å²) in [4.78, 5) is 22.9. The van der Waals surface area contributed by atoms with E-state index in [-0.39, 0.29) is 17.7 Å². The van der Waals surface area contributed by atoms with Crippen molar-refractivity contribution in [2.24, 2.45) is 5.41 Å². The predicted molar refractivity (Wildman–Crippen MR) is 82.8 cm³/mol. The highest BCUT2D eigenvalue weighted by molar-refractivity contribution is 5.77. The van der Waals surface area contributed by atoms with E-state index in [1.54, 1.807) is 0 Å². The molecule has 2 N–H and O–H groups in total. The summed E-state index contributed by atoms with van der Waals surface area (Å²) in [5.74, 6) is -1.58. The Bertz CT molecular complexity index is 506. The molecule has 0 spiro atoms. The van der Waals surface area contributed by atoms with Crippen LogP contribution < -0.4 is 5.32 Å². The van der Waals surface area contributed by atoms with Gasteiger partial charge in [0.25, 0.3) is 0 Å². The van der Waals surface area contributed by atoms with E-state index in [0.717, 1.165) is 12.8 Å². The number of amides is 1. The summed E-state index contributed by atoms with van der Waals surface area (Å²) < 4.78 is 12.9. The Morgan fingerprint density at radius 2 is 1.82 bits per heavy atom. The second-order valence-corrected chi connectivity index (χ2v) is 6.68. The van der Waals surface area contributed by atoms with Crippen molar-refractivity contribution in [2.75, 3.05) is 0 Å². The third kappa shape index (κ3) is 7.20. The van der Waals surface area contributed by atoms with Crippen LogP contribution in [0, 0.1) is 11.2 Å². The molecule has 0 radical (unpaired) electrons. The van der Waals surface area contributed by atoms with Crippen molar-refractivity contribution in [1.82, 2.24) is 5.32 Å². The molecule has 22 heavy (non-hydrogen) atoms. The van der Waals surface area contributed by atoms with E-state index in [0.29, 0.717) is 12.0 Å². The van der Waals surface area contributed by atoms with Gasteiger partial charge in [0.2, 0.25) is 5.91 Å². The first kappa shape index (κ1) is 18.1. The molecule has 0 aliphatic heterocycles. The van der Waals surface area contributed by atoms with Crippen molar-refractivity contribution in [2.45, 2.75) is 52.5 Å². The van der Waals surface area contributed by atoms with Gasteiger partial charge in [0.1, 0.15) is 5.82 Å². The van der Waals surface area contributed by atoms with Gasteiger partial charge in [-0.05, 0) is 36.0 Å². The molecule has 0 aliphatic carbocycles. The lowest BCUT2D eigenvalue weighted by Crippen LogP contribution is -2.30. The average Bonchev–Trinajstić information content (AvgIpc) is 2.36. The van der Waals surface area contributed by atoms with Gasteiger partial charge >= 0.3 is 5.97 Å². The van der Waals surface area contributed by atoms with Gasteiger partial charge in [0.05, 0.1) is 12.5 Å². The minimum atomic E-state index is -1.01. The lowest BCUT2D eigenvalue weighted by Gasteiger charge is -2.19. The molecule has 1 aromatic rings. The Balaban J connectivity index is 2.63. The maximum absolute atomic E-state index is 12.9. The van der Waals surface area contributed by atoms with Crippen molar-refractivity contribution in [3.05, 3.63) is 35.6 Å². The molecule has 0 saturated carbocycles. The monoisotopic (exact) mass is 309 g/mol. The number of carbonyl (C=O) groups excluding carboxylic acids is 1. The second-order valence-electron chi connectivity index (χ2n) is 6.68. The van der Waals surface area contributed by atoms with Crippen molar-refractivity contribution in [1.29, 1.82) is 0 Å². The Kier molecular flexibility index (Phi) is 6.53. The van der Waals surface area contributed by atoms with Crippen LogP contribution in [-0.4, -0.2) is 17.0 Å². The SMILES string of the molecule is CC(C)(C)CCCC(=O)NC(CC(=O)O)c1ccc(F)cc1. The number of rotatable bonds is 7. The van der Waals surface area contributed by atoms with E-state index >= 15 is 0 Å². The summed E-state index contributed by atoms with van der Waals surface area (Å²) in [5, 5.41) is 11.7. The van der Waals surface area contributed by atoms with Crippen LogP contribution in [0.4, 0.5) is 4.39 Å². The molecule has 1 aromatic carbocycles. The molecule has 122 valence electrons. The molecule has 5 heteroatoms. The van der Waals surface area contributed by atoms with Crippen LogP contribution in [-0.2, 0) is 9.59 Å². The maximum Gasteiger partial charge on any atom is 0.305 e. The van der Waals surface area contributed by atoms with Crippen molar-refractivity contribution < 1.29 is 19.1 Å². The lowest BCUT2D eigenvalue weighted by molar-refractivity contribution is -0.137. The van der Waals surface area contributed by atoms with Gasteiger partial charge in [-0.1, -0.05) is 32.9 Å². The molecule has 0 saturated heterocycles. The van der Waals surface area contributed by atoms with Crippen LogP contribution in [0.3, 0.4) is 0 Å². The number of benzene rings is 1. The van der Waals surface area contributed by atoms with E-state index in [9.17, 15) is 14.0 Å². The van der Waals surface area contributed by atoms with E-state index in [4.69, 9.17) is 5.11 Å². The quantitative estimate of drug-likeness (QED) is 0.807. The van der Waals surface area contributed by atoms with Crippen molar-refractivity contribution >= 4 is 11.9 Å².